The highest BCUT2D eigenvalue weighted by molar-refractivity contribution is 5.92. The minimum atomic E-state index is -4.72. The summed E-state index contributed by atoms with van der Waals surface area (Å²) in [5.74, 6) is -1.67. The van der Waals surface area contributed by atoms with Crippen molar-refractivity contribution in [3.05, 3.63) is 66.1 Å². The van der Waals surface area contributed by atoms with Crippen molar-refractivity contribution in [3.63, 3.8) is 0 Å². The number of halogens is 3. The lowest BCUT2D eigenvalue weighted by Crippen LogP contribution is -2.61. The second-order valence-electron chi connectivity index (χ2n) is 8.84. The fraction of sp³-hybridized carbons (Fsp3) is 0.360. The van der Waals surface area contributed by atoms with Crippen molar-refractivity contribution < 1.29 is 27.2 Å². The lowest BCUT2D eigenvalue weighted by atomic mass is 10.1. The minimum Gasteiger partial charge on any atom is -0.413 e. The van der Waals surface area contributed by atoms with E-state index in [2.05, 4.69) is 10.2 Å². The molecule has 0 N–H and O–H groups in total. The number of anilines is 1. The molecule has 0 spiro atoms. The molecule has 8 nitrogen and oxygen atoms in total. The van der Waals surface area contributed by atoms with Crippen LogP contribution in [-0.4, -0.2) is 57.1 Å². The van der Waals surface area contributed by atoms with E-state index in [0.29, 0.717) is 24.3 Å². The fourth-order valence-electron chi connectivity index (χ4n) is 4.54. The number of amides is 3. The summed E-state index contributed by atoms with van der Waals surface area (Å²) in [6.07, 6.45) is -4.72. The maximum atomic E-state index is 13.7. The molecule has 0 bridgehead atoms. The minimum absolute atomic E-state index is 0.0225. The van der Waals surface area contributed by atoms with Gasteiger partial charge in [-0.3, -0.25) is 9.69 Å². The van der Waals surface area contributed by atoms with Crippen molar-refractivity contribution in [2.45, 2.75) is 45.6 Å². The van der Waals surface area contributed by atoms with Gasteiger partial charge in [0.25, 0.3) is 0 Å². The van der Waals surface area contributed by atoms with Gasteiger partial charge in [-0.1, -0.05) is 30.3 Å². The zero-order chi connectivity index (χ0) is 26.0. The number of para-hydroxylation sites is 1. The molecule has 0 aliphatic carbocycles. The molecule has 1 aliphatic rings. The number of carbonyl (C=O) groups excluding carboxylic acids is 2. The molecule has 2 atom stereocenters. The normalized spacial score (nSPS) is 18.3. The van der Waals surface area contributed by atoms with Gasteiger partial charge in [0.2, 0.25) is 11.8 Å². The quantitative estimate of drug-likeness (QED) is 0.512. The van der Waals surface area contributed by atoms with Crippen molar-refractivity contribution in [2.24, 2.45) is 0 Å². The number of alkyl halides is 3. The van der Waals surface area contributed by atoms with Crippen LogP contribution in [0.3, 0.4) is 0 Å². The predicted molar refractivity (Wildman–Crippen MR) is 126 cm³/mol. The summed E-state index contributed by atoms with van der Waals surface area (Å²) in [7, 11) is 0. The largest absolute Gasteiger partial charge is 0.470 e. The SMILES string of the molecule is CC(=O)N1[C@H](C)CN(C(=O)N(Cc2ccc(-c3nnc(C(F)(F)F)o3)cc2)c2ccccc2)C[C@@H]1C. The summed E-state index contributed by atoms with van der Waals surface area (Å²) in [4.78, 5) is 30.9. The number of carbonyl (C=O) groups is 2. The average molecular weight is 502 g/mol. The number of piperazine rings is 1. The van der Waals surface area contributed by atoms with E-state index >= 15 is 0 Å². The molecule has 36 heavy (non-hydrogen) atoms. The first kappa shape index (κ1) is 25.2. The van der Waals surface area contributed by atoms with Gasteiger partial charge < -0.3 is 14.2 Å². The van der Waals surface area contributed by atoms with Gasteiger partial charge in [-0.15, -0.1) is 10.2 Å². The van der Waals surface area contributed by atoms with Gasteiger partial charge in [0, 0.05) is 43.3 Å². The van der Waals surface area contributed by atoms with E-state index in [1.165, 1.54) is 6.92 Å². The highest BCUT2D eigenvalue weighted by atomic mass is 19.4. The van der Waals surface area contributed by atoms with Crippen molar-refractivity contribution in [1.29, 1.82) is 0 Å². The molecule has 1 saturated heterocycles. The zero-order valence-corrected chi connectivity index (χ0v) is 20.1. The van der Waals surface area contributed by atoms with E-state index in [1.807, 2.05) is 44.2 Å². The molecule has 0 unspecified atom stereocenters. The highest BCUT2D eigenvalue weighted by Crippen LogP contribution is 2.30. The van der Waals surface area contributed by atoms with Crippen molar-refractivity contribution in [2.75, 3.05) is 18.0 Å². The molecule has 1 aromatic heterocycles. The molecule has 190 valence electrons. The maximum absolute atomic E-state index is 13.7. The first-order valence-electron chi connectivity index (χ1n) is 11.4. The van der Waals surface area contributed by atoms with Crippen LogP contribution in [0.2, 0.25) is 0 Å². The molecule has 3 amide bonds. The summed E-state index contributed by atoms with van der Waals surface area (Å²) in [5.41, 5.74) is 1.80. The number of urea groups is 1. The molecule has 4 rings (SSSR count). The summed E-state index contributed by atoms with van der Waals surface area (Å²) in [5, 5.41) is 6.53. The Bertz CT molecular complexity index is 1200. The molecule has 0 radical (unpaired) electrons. The predicted octanol–water partition coefficient (Wildman–Crippen LogP) is 4.82. The number of nitrogens with zero attached hydrogens (tertiary/aromatic N) is 5. The van der Waals surface area contributed by atoms with Crippen LogP contribution in [-0.2, 0) is 17.5 Å². The van der Waals surface area contributed by atoms with Crippen molar-refractivity contribution in [3.8, 4) is 11.5 Å². The van der Waals surface area contributed by atoms with Crippen LogP contribution < -0.4 is 4.90 Å². The van der Waals surface area contributed by atoms with E-state index in [0.717, 1.165) is 5.56 Å². The monoisotopic (exact) mass is 501 g/mol. The molecule has 1 fully saturated rings. The Morgan fingerprint density at radius 3 is 2.14 bits per heavy atom. The number of benzene rings is 2. The van der Waals surface area contributed by atoms with Crippen molar-refractivity contribution >= 4 is 17.6 Å². The molecule has 1 aliphatic heterocycles. The van der Waals surface area contributed by atoms with E-state index < -0.39 is 12.1 Å². The van der Waals surface area contributed by atoms with Gasteiger partial charge in [-0.2, -0.15) is 13.2 Å². The van der Waals surface area contributed by atoms with Gasteiger partial charge in [0.05, 0.1) is 6.54 Å². The smallest absolute Gasteiger partial charge is 0.413 e. The van der Waals surface area contributed by atoms with Crippen LogP contribution in [0.1, 0.15) is 32.2 Å². The van der Waals surface area contributed by atoms with Crippen LogP contribution in [0.15, 0.2) is 59.0 Å². The number of aromatic nitrogens is 2. The molecule has 11 heteroatoms. The second-order valence-corrected chi connectivity index (χ2v) is 8.84. The molecular weight excluding hydrogens is 475 g/mol. The maximum Gasteiger partial charge on any atom is 0.470 e. The Labute approximate surface area is 206 Å². The van der Waals surface area contributed by atoms with Gasteiger partial charge in [0.15, 0.2) is 0 Å². The Kier molecular flexibility index (Phi) is 7.00. The van der Waals surface area contributed by atoms with Crippen LogP contribution in [0.25, 0.3) is 11.5 Å². The second kappa shape index (κ2) is 10.00. The Hall–Kier alpha value is -3.89. The number of hydrogen-bond acceptors (Lipinski definition) is 5. The molecule has 0 saturated carbocycles. The van der Waals surface area contributed by atoms with Gasteiger partial charge in [0.1, 0.15) is 0 Å². The fourth-order valence-corrected chi connectivity index (χ4v) is 4.54. The van der Waals surface area contributed by atoms with Gasteiger partial charge >= 0.3 is 18.1 Å². The first-order valence-corrected chi connectivity index (χ1v) is 11.4. The van der Waals surface area contributed by atoms with E-state index in [4.69, 9.17) is 4.42 Å². The van der Waals surface area contributed by atoms with E-state index in [-0.39, 0.29) is 36.5 Å². The highest BCUT2D eigenvalue weighted by Gasteiger charge is 2.38. The third-order valence-corrected chi connectivity index (χ3v) is 6.06. The van der Waals surface area contributed by atoms with Gasteiger partial charge in [-0.05, 0) is 43.7 Å². The van der Waals surface area contributed by atoms with Crippen LogP contribution >= 0.6 is 0 Å². The summed E-state index contributed by atoms with van der Waals surface area (Å²) in [6.45, 7) is 6.42. The Morgan fingerprint density at radius 1 is 1.00 bits per heavy atom. The molecule has 2 heterocycles. The van der Waals surface area contributed by atoms with E-state index in [1.54, 1.807) is 39.0 Å². The lowest BCUT2D eigenvalue weighted by Gasteiger charge is -2.45. The summed E-state index contributed by atoms with van der Waals surface area (Å²) in [6, 6.07) is 15.3. The summed E-state index contributed by atoms with van der Waals surface area (Å²) < 4.78 is 43.0. The number of rotatable bonds is 4. The Morgan fingerprint density at radius 2 is 1.61 bits per heavy atom. The standard InChI is InChI=1S/C25H26F3N5O3/c1-16-13-31(14-17(2)33(16)18(3)34)24(35)32(21-7-5-4-6-8-21)15-19-9-11-20(12-10-19)22-29-30-23(36-22)25(26,27)28/h4-12,16-17H,13-15H2,1-3H3/t16-,17+. The lowest BCUT2D eigenvalue weighted by molar-refractivity contribution is -0.157. The average Bonchev–Trinajstić information content (AvgIpc) is 3.33. The zero-order valence-electron chi connectivity index (χ0n) is 20.1. The third-order valence-electron chi connectivity index (χ3n) is 6.06. The molecular formula is C25H26F3N5O3. The molecule has 3 aromatic rings. The van der Waals surface area contributed by atoms with Crippen LogP contribution in [0, 0.1) is 0 Å². The molecule has 2 aromatic carbocycles. The van der Waals surface area contributed by atoms with Crippen LogP contribution in [0.4, 0.5) is 23.7 Å². The van der Waals surface area contributed by atoms with E-state index in [9.17, 15) is 22.8 Å². The topological polar surface area (TPSA) is 82.8 Å². The van der Waals surface area contributed by atoms with Crippen LogP contribution in [0.5, 0.6) is 0 Å². The third kappa shape index (κ3) is 5.34. The summed E-state index contributed by atoms with van der Waals surface area (Å²) >= 11 is 0. The number of hydrogen-bond donors (Lipinski definition) is 0. The van der Waals surface area contributed by atoms with Crippen molar-refractivity contribution in [1.82, 2.24) is 20.0 Å². The van der Waals surface area contributed by atoms with Gasteiger partial charge in [-0.25, -0.2) is 4.79 Å². The first-order chi connectivity index (χ1) is 17.0. The Balaban J connectivity index is 1.55.